The van der Waals surface area contributed by atoms with Crippen LogP contribution in [-0.4, -0.2) is 32.4 Å². The van der Waals surface area contributed by atoms with Crippen LogP contribution in [0.3, 0.4) is 0 Å². The highest BCUT2D eigenvalue weighted by Crippen LogP contribution is 2.38. The van der Waals surface area contributed by atoms with E-state index in [9.17, 15) is 5.26 Å². The molecule has 30 heavy (non-hydrogen) atoms. The molecular formula is C23H25N3O4. The summed E-state index contributed by atoms with van der Waals surface area (Å²) in [5.41, 5.74) is 2.78. The lowest BCUT2D eigenvalue weighted by Gasteiger charge is -2.16. The van der Waals surface area contributed by atoms with Gasteiger partial charge in [-0.15, -0.1) is 0 Å². The first-order chi connectivity index (χ1) is 14.7. The summed E-state index contributed by atoms with van der Waals surface area (Å²) in [4.78, 5) is 4.48. The van der Waals surface area contributed by atoms with Crippen molar-refractivity contribution in [3.8, 4) is 29.1 Å². The molecule has 0 aliphatic heterocycles. The minimum Gasteiger partial charge on any atom is -0.493 e. The molecule has 1 N–H and O–H groups in total. The Bertz CT molecular complexity index is 1080. The van der Waals surface area contributed by atoms with E-state index < -0.39 is 0 Å². The third-order valence-corrected chi connectivity index (χ3v) is 4.58. The number of aromatic nitrogens is 1. The van der Waals surface area contributed by atoms with Gasteiger partial charge in [-0.05, 0) is 43.7 Å². The van der Waals surface area contributed by atoms with E-state index in [1.54, 1.807) is 20.4 Å². The fraction of sp³-hybridized carbons (Fsp3) is 0.304. The lowest BCUT2D eigenvalue weighted by Crippen LogP contribution is -2.05. The van der Waals surface area contributed by atoms with Crippen molar-refractivity contribution in [1.29, 1.82) is 5.26 Å². The van der Waals surface area contributed by atoms with Crippen molar-refractivity contribution < 1.29 is 18.9 Å². The van der Waals surface area contributed by atoms with Gasteiger partial charge in [0.15, 0.2) is 23.0 Å². The summed E-state index contributed by atoms with van der Waals surface area (Å²) in [5.74, 6) is 2.53. The summed E-state index contributed by atoms with van der Waals surface area (Å²) < 4.78 is 22.2. The van der Waals surface area contributed by atoms with Gasteiger partial charge in [-0.25, -0.2) is 0 Å². The first-order valence-corrected chi connectivity index (χ1v) is 9.72. The second kappa shape index (κ2) is 9.70. The van der Waals surface area contributed by atoms with Gasteiger partial charge in [0, 0.05) is 18.1 Å². The Kier molecular flexibility index (Phi) is 6.81. The second-order valence-corrected chi connectivity index (χ2v) is 6.36. The predicted octanol–water partition coefficient (Wildman–Crippen LogP) is 4.53. The number of nitriles is 1. The minimum absolute atomic E-state index is 0.453. The van der Waals surface area contributed by atoms with Crippen LogP contribution in [0.5, 0.6) is 23.0 Å². The standard InChI is InChI=1S/C23H25N3O4/c1-5-29-19-10-8-17-21(16(12-24)14-26-22(17)23(19)30-6-2)25-13-15-7-9-18(27-3)20(11-15)28-4/h7-11,14H,5-6,13H2,1-4H3,(H,25,26). The quantitative estimate of drug-likeness (QED) is 0.557. The number of methoxy groups -OCH3 is 2. The molecule has 0 unspecified atom stereocenters. The van der Waals surface area contributed by atoms with Crippen molar-refractivity contribution in [3.05, 3.63) is 47.7 Å². The Morgan fingerprint density at radius 3 is 2.37 bits per heavy atom. The van der Waals surface area contributed by atoms with Gasteiger partial charge < -0.3 is 24.3 Å². The summed E-state index contributed by atoms with van der Waals surface area (Å²) in [7, 11) is 3.20. The normalized spacial score (nSPS) is 10.4. The highest BCUT2D eigenvalue weighted by Gasteiger charge is 2.17. The van der Waals surface area contributed by atoms with Gasteiger partial charge in [0.1, 0.15) is 11.6 Å². The van der Waals surface area contributed by atoms with Crippen molar-refractivity contribution >= 4 is 16.6 Å². The molecule has 3 aromatic rings. The van der Waals surface area contributed by atoms with Crippen molar-refractivity contribution in [2.24, 2.45) is 0 Å². The Hall–Kier alpha value is -3.66. The molecule has 7 heteroatoms. The zero-order chi connectivity index (χ0) is 21.5. The number of pyridine rings is 1. The maximum absolute atomic E-state index is 9.61. The van der Waals surface area contributed by atoms with Gasteiger partial charge in [-0.3, -0.25) is 4.98 Å². The van der Waals surface area contributed by atoms with Gasteiger partial charge in [-0.1, -0.05) is 6.07 Å². The zero-order valence-electron chi connectivity index (χ0n) is 17.6. The summed E-state index contributed by atoms with van der Waals surface area (Å²) in [6.07, 6.45) is 1.55. The van der Waals surface area contributed by atoms with Gasteiger partial charge >= 0.3 is 0 Å². The van der Waals surface area contributed by atoms with E-state index in [1.165, 1.54) is 0 Å². The molecule has 0 saturated heterocycles. The van der Waals surface area contributed by atoms with Crippen LogP contribution >= 0.6 is 0 Å². The number of nitrogens with one attached hydrogen (secondary N) is 1. The van der Waals surface area contributed by atoms with Crippen molar-refractivity contribution in [1.82, 2.24) is 4.98 Å². The molecule has 1 heterocycles. The van der Waals surface area contributed by atoms with Gasteiger partial charge in [0.25, 0.3) is 0 Å². The lowest BCUT2D eigenvalue weighted by atomic mass is 10.1. The molecule has 1 aromatic heterocycles. The smallest absolute Gasteiger partial charge is 0.187 e. The van der Waals surface area contributed by atoms with E-state index in [1.807, 2.05) is 44.2 Å². The molecule has 7 nitrogen and oxygen atoms in total. The molecule has 0 aliphatic rings. The number of ether oxygens (including phenoxy) is 4. The van der Waals surface area contributed by atoms with Crippen LogP contribution < -0.4 is 24.3 Å². The van der Waals surface area contributed by atoms with Crippen LogP contribution in [0.15, 0.2) is 36.5 Å². The monoisotopic (exact) mass is 407 g/mol. The molecule has 3 rings (SSSR count). The summed E-state index contributed by atoms with van der Waals surface area (Å²) in [5, 5.41) is 13.8. The van der Waals surface area contributed by atoms with E-state index in [2.05, 4.69) is 16.4 Å². The molecule has 0 fully saturated rings. The Labute approximate surface area is 176 Å². The van der Waals surface area contributed by atoms with Crippen LogP contribution in [-0.2, 0) is 6.54 Å². The van der Waals surface area contributed by atoms with E-state index in [0.29, 0.717) is 59.5 Å². The molecular weight excluding hydrogens is 382 g/mol. The fourth-order valence-corrected chi connectivity index (χ4v) is 3.23. The average molecular weight is 407 g/mol. The van der Waals surface area contributed by atoms with Gasteiger partial charge in [0.05, 0.1) is 38.7 Å². The lowest BCUT2D eigenvalue weighted by molar-refractivity contribution is 0.290. The molecule has 2 aromatic carbocycles. The van der Waals surface area contributed by atoms with E-state index in [0.717, 1.165) is 10.9 Å². The highest BCUT2D eigenvalue weighted by atomic mass is 16.5. The number of hydrogen-bond donors (Lipinski definition) is 1. The Morgan fingerprint density at radius 1 is 0.967 bits per heavy atom. The van der Waals surface area contributed by atoms with E-state index >= 15 is 0 Å². The summed E-state index contributed by atoms with van der Waals surface area (Å²) in [6, 6.07) is 11.7. The van der Waals surface area contributed by atoms with E-state index in [-0.39, 0.29) is 0 Å². The van der Waals surface area contributed by atoms with Crippen LogP contribution in [0, 0.1) is 11.3 Å². The SMILES string of the molecule is CCOc1ccc2c(NCc3ccc(OC)c(OC)c3)c(C#N)cnc2c1OCC. The molecule has 156 valence electrons. The largest absolute Gasteiger partial charge is 0.493 e. The Morgan fingerprint density at radius 2 is 1.70 bits per heavy atom. The number of anilines is 1. The average Bonchev–Trinajstić information content (AvgIpc) is 2.78. The van der Waals surface area contributed by atoms with Crippen molar-refractivity contribution in [2.45, 2.75) is 20.4 Å². The zero-order valence-corrected chi connectivity index (χ0v) is 17.6. The highest BCUT2D eigenvalue weighted by molar-refractivity contribution is 5.98. The van der Waals surface area contributed by atoms with Crippen LogP contribution in [0.4, 0.5) is 5.69 Å². The predicted molar refractivity (Wildman–Crippen MR) is 116 cm³/mol. The molecule has 0 atom stereocenters. The molecule has 0 bridgehead atoms. The number of nitrogens with zero attached hydrogens (tertiary/aromatic N) is 2. The maximum atomic E-state index is 9.61. The third kappa shape index (κ3) is 4.18. The molecule has 0 amide bonds. The first kappa shape index (κ1) is 21.1. The summed E-state index contributed by atoms with van der Waals surface area (Å²) in [6.45, 7) is 5.32. The van der Waals surface area contributed by atoms with Gasteiger partial charge in [-0.2, -0.15) is 5.26 Å². The number of fused-ring (bicyclic) bond motifs is 1. The molecule has 0 radical (unpaired) electrons. The first-order valence-electron chi connectivity index (χ1n) is 9.72. The topological polar surface area (TPSA) is 85.6 Å². The van der Waals surface area contributed by atoms with Crippen LogP contribution in [0.1, 0.15) is 25.0 Å². The van der Waals surface area contributed by atoms with Crippen LogP contribution in [0.2, 0.25) is 0 Å². The van der Waals surface area contributed by atoms with Crippen LogP contribution in [0.25, 0.3) is 10.9 Å². The van der Waals surface area contributed by atoms with Gasteiger partial charge in [0.2, 0.25) is 0 Å². The summed E-state index contributed by atoms with van der Waals surface area (Å²) >= 11 is 0. The van der Waals surface area contributed by atoms with E-state index in [4.69, 9.17) is 18.9 Å². The Balaban J connectivity index is 2.02. The molecule has 0 saturated carbocycles. The molecule has 0 spiro atoms. The second-order valence-electron chi connectivity index (χ2n) is 6.36. The number of hydrogen-bond acceptors (Lipinski definition) is 7. The maximum Gasteiger partial charge on any atom is 0.187 e. The molecule has 0 aliphatic carbocycles. The number of rotatable bonds is 9. The minimum atomic E-state index is 0.453. The fourth-order valence-electron chi connectivity index (χ4n) is 3.23. The van der Waals surface area contributed by atoms with Crippen molar-refractivity contribution in [3.63, 3.8) is 0 Å². The van der Waals surface area contributed by atoms with Crippen molar-refractivity contribution in [2.75, 3.05) is 32.8 Å². The third-order valence-electron chi connectivity index (χ3n) is 4.58. The number of benzene rings is 2.